The van der Waals surface area contributed by atoms with Gasteiger partial charge in [-0.05, 0) is 35.4 Å². The van der Waals surface area contributed by atoms with Crippen LogP contribution in [0.3, 0.4) is 0 Å². The highest BCUT2D eigenvalue weighted by Gasteiger charge is 2.08. The third kappa shape index (κ3) is 2.84. The maximum Gasteiger partial charge on any atom is 0.259 e. The smallest absolute Gasteiger partial charge is 0.259 e. The largest absolute Gasteiger partial charge is 0.494 e. The molecule has 1 N–H and O–H groups in total. The molecule has 0 spiro atoms. The van der Waals surface area contributed by atoms with Crippen molar-refractivity contribution >= 4 is 10.9 Å². The normalized spacial score (nSPS) is 10.8. The lowest BCUT2D eigenvalue weighted by atomic mass is 10.0. The summed E-state index contributed by atoms with van der Waals surface area (Å²) >= 11 is 0. The van der Waals surface area contributed by atoms with E-state index in [9.17, 15) is 9.18 Å². The van der Waals surface area contributed by atoms with Crippen LogP contribution in [0.1, 0.15) is 0 Å². The van der Waals surface area contributed by atoms with Gasteiger partial charge in [-0.1, -0.05) is 42.5 Å². The van der Waals surface area contributed by atoms with Crippen molar-refractivity contribution in [3.05, 3.63) is 82.9 Å². The molecule has 0 saturated carbocycles. The van der Waals surface area contributed by atoms with Gasteiger partial charge in [0.1, 0.15) is 5.82 Å². The second kappa shape index (κ2) is 6.44. The summed E-state index contributed by atoms with van der Waals surface area (Å²) < 4.78 is 18.8. The van der Waals surface area contributed by atoms with E-state index in [0.29, 0.717) is 16.7 Å². The molecule has 4 aromatic rings. The quantitative estimate of drug-likeness (QED) is 0.598. The Kier molecular flexibility index (Phi) is 3.97. The number of H-pyrrole nitrogens is 1. The minimum absolute atomic E-state index is 0.174. The van der Waals surface area contributed by atoms with Gasteiger partial charge in [0.15, 0.2) is 11.6 Å². The van der Waals surface area contributed by atoms with E-state index in [1.54, 1.807) is 18.2 Å². The highest BCUT2D eigenvalue weighted by atomic mass is 19.1. The molecule has 1 aromatic heterocycles. The standard InChI is InChI=1S/C21H15FN2O2/c1-26-19-11-10-15(12-17(19)22)13-6-8-14(9-7-13)20-23-18-5-3-2-4-16(18)21(25)24-20/h2-12H,1H3,(H,23,24,25). The number of para-hydroxylation sites is 1. The lowest BCUT2D eigenvalue weighted by Crippen LogP contribution is -2.09. The molecule has 0 saturated heterocycles. The van der Waals surface area contributed by atoms with Crippen molar-refractivity contribution in [2.45, 2.75) is 0 Å². The number of halogens is 1. The average Bonchev–Trinajstić information content (AvgIpc) is 2.68. The second-order valence-corrected chi connectivity index (χ2v) is 5.86. The fourth-order valence-electron chi connectivity index (χ4n) is 2.89. The van der Waals surface area contributed by atoms with Crippen LogP contribution in [-0.4, -0.2) is 17.1 Å². The van der Waals surface area contributed by atoms with E-state index in [0.717, 1.165) is 16.7 Å². The van der Waals surface area contributed by atoms with Crippen molar-refractivity contribution in [2.24, 2.45) is 0 Å². The van der Waals surface area contributed by atoms with E-state index >= 15 is 0 Å². The van der Waals surface area contributed by atoms with Crippen molar-refractivity contribution in [3.8, 4) is 28.3 Å². The Balaban J connectivity index is 1.72. The Labute approximate surface area is 148 Å². The molecule has 0 amide bonds. The summed E-state index contributed by atoms with van der Waals surface area (Å²) in [6.07, 6.45) is 0. The van der Waals surface area contributed by atoms with E-state index in [2.05, 4.69) is 9.97 Å². The lowest BCUT2D eigenvalue weighted by molar-refractivity contribution is 0.386. The first-order valence-electron chi connectivity index (χ1n) is 8.09. The molecular formula is C21H15FN2O2. The van der Waals surface area contributed by atoms with E-state index in [1.807, 2.05) is 42.5 Å². The number of hydrogen-bond acceptors (Lipinski definition) is 3. The summed E-state index contributed by atoms with van der Waals surface area (Å²) in [5.74, 6) is 0.305. The van der Waals surface area contributed by atoms with Crippen LogP contribution < -0.4 is 10.3 Å². The van der Waals surface area contributed by atoms with E-state index < -0.39 is 5.82 Å². The van der Waals surface area contributed by atoms with Crippen LogP contribution in [0.5, 0.6) is 5.75 Å². The summed E-state index contributed by atoms with van der Waals surface area (Å²) in [6, 6.07) is 19.5. The molecule has 5 heteroatoms. The predicted octanol–water partition coefficient (Wildman–Crippen LogP) is 4.40. The van der Waals surface area contributed by atoms with Crippen LogP contribution in [-0.2, 0) is 0 Å². The number of aromatic nitrogens is 2. The lowest BCUT2D eigenvalue weighted by Gasteiger charge is -2.07. The molecule has 128 valence electrons. The van der Waals surface area contributed by atoms with Crippen molar-refractivity contribution in [2.75, 3.05) is 7.11 Å². The fraction of sp³-hybridized carbons (Fsp3) is 0.0476. The maximum atomic E-state index is 13.9. The molecule has 0 atom stereocenters. The van der Waals surface area contributed by atoms with Crippen LogP contribution in [0.15, 0.2) is 71.5 Å². The Morgan fingerprint density at radius 1 is 0.923 bits per heavy atom. The number of ether oxygens (including phenoxy) is 1. The highest BCUT2D eigenvalue weighted by molar-refractivity contribution is 5.79. The molecule has 0 fully saturated rings. The molecule has 4 rings (SSSR count). The molecule has 0 radical (unpaired) electrons. The van der Waals surface area contributed by atoms with E-state index in [-0.39, 0.29) is 11.3 Å². The summed E-state index contributed by atoms with van der Waals surface area (Å²) in [6.45, 7) is 0. The number of nitrogens with zero attached hydrogens (tertiary/aromatic N) is 1. The first-order valence-corrected chi connectivity index (χ1v) is 8.09. The summed E-state index contributed by atoms with van der Waals surface area (Å²) in [5, 5.41) is 0.557. The molecule has 1 heterocycles. The number of fused-ring (bicyclic) bond motifs is 1. The van der Waals surface area contributed by atoms with Gasteiger partial charge in [-0.25, -0.2) is 9.37 Å². The van der Waals surface area contributed by atoms with Crippen LogP contribution in [0, 0.1) is 5.82 Å². The van der Waals surface area contributed by atoms with E-state index in [4.69, 9.17) is 4.74 Å². The van der Waals surface area contributed by atoms with Crippen molar-refractivity contribution < 1.29 is 9.13 Å². The zero-order valence-electron chi connectivity index (χ0n) is 14.0. The van der Waals surface area contributed by atoms with Gasteiger partial charge in [0.05, 0.1) is 18.0 Å². The highest BCUT2D eigenvalue weighted by Crippen LogP contribution is 2.27. The first kappa shape index (κ1) is 16.0. The molecule has 0 aliphatic carbocycles. The average molecular weight is 346 g/mol. The Bertz CT molecular complexity index is 1150. The number of aromatic amines is 1. The molecule has 26 heavy (non-hydrogen) atoms. The van der Waals surface area contributed by atoms with Gasteiger partial charge in [-0.2, -0.15) is 0 Å². The van der Waals surface area contributed by atoms with Gasteiger partial charge < -0.3 is 9.72 Å². The van der Waals surface area contributed by atoms with Gasteiger partial charge >= 0.3 is 0 Å². The number of methoxy groups -OCH3 is 1. The van der Waals surface area contributed by atoms with Crippen LogP contribution in [0.25, 0.3) is 33.4 Å². The van der Waals surface area contributed by atoms with Crippen molar-refractivity contribution in [3.63, 3.8) is 0 Å². The van der Waals surface area contributed by atoms with Gasteiger partial charge in [0.25, 0.3) is 5.56 Å². The number of nitrogens with one attached hydrogen (secondary N) is 1. The zero-order valence-corrected chi connectivity index (χ0v) is 14.0. The first-order chi connectivity index (χ1) is 12.7. The van der Waals surface area contributed by atoms with Gasteiger partial charge in [0.2, 0.25) is 0 Å². The van der Waals surface area contributed by atoms with Crippen molar-refractivity contribution in [1.29, 1.82) is 0 Å². The minimum atomic E-state index is -0.408. The molecule has 0 aliphatic rings. The Hall–Kier alpha value is -3.47. The van der Waals surface area contributed by atoms with Crippen LogP contribution >= 0.6 is 0 Å². The Morgan fingerprint density at radius 2 is 1.62 bits per heavy atom. The summed E-state index contributed by atoms with van der Waals surface area (Å²) in [4.78, 5) is 19.5. The van der Waals surface area contributed by atoms with Gasteiger partial charge in [0, 0.05) is 5.56 Å². The predicted molar refractivity (Wildman–Crippen MR) is 99.7 cm³/mol. The molecule has 0 unspecified atom stereocenters. The van der Waals surface area contributed by atoms with E-state index in [1.165, 1.54) is 13.2 Å². The molecule has 4 nitrogen and oxygen atoms in total. The summed E-state index contributed by atoms with van der Waals surface area (Å²) in [5.41, 5.74) is 2.86. The summed E-state index contributed by atoms with van der Waals surface area (Å²) in [7, 11) is 1.43. The monoisotopic (exact) mass is 346 g/mol. The zero-order chi connectivity index (χ0) is 18.1. The number of hydrogen-bond donors (Lipinski definition) is 1. The maximum absolute atomic E-state index is 13.9. The molecular weight excluding hydrogens is 331 g/mol. The Morgan fingerprint density at radius 3 is 2.35 bits per heavy atom. The third-order valence-electron chi connectivity index (χ3n) is 4.26. The van der Waals surface area contributed by atoms with Crippen LogP contribution in [0.2, 0.25) is 0 Å². The van der Waals surface area contributed by atoms with Crippen LogP contribution in [0.4, 0.5) is 4.39 Å². The van der Waals surface area contributed by atoms with Crippen molar-refractivity contribution in [1.82, 2.24) is 9.97 Å². The number of benzene rings is 3. The topological polar surface area (TPSA) is 55.0 Å². The SMILES string of the molecule is COc1ccc(-c2ccc(-c3nc4ccccc4c(=O)[nH]3)cc2)cc1F. The third-order valence-corrected chi connectivity index (χ3v) is 4.26. The fourth-order valence-corrected chi connectivity index (χ4v) is 2.89. The number of rotatable bonds is 3. The molecule has 0 aliphatic heterocycles. The molecule has 0 bridgehead atoms. The second-order valence-electron chi connectivity index (χ2n) is 5.86. The molecule has 3 aromatic carbocycles. The minimum Gasteiger partial charge on any atom is -0.494 e. The van der Waals surface area contributed by atoms with Gasteiger partial charge in [-0.3, -0.25) is 4.79 Å². The van der Waals surface area contributed by atoms with Gasteiger partial charge in [-0.15, -0.1) is 0 Å².